The average Bonchev–Trinajstić information content (AvgIpc) is 3.31. The Morgan fingerprint density at radius 1 is 0.972 bits per heavy atom. The van der Waals surface area contributed by atoms with Gasteiger partial charge in [-0.3, -0.25) is 9.59 Å². The fourth-order valence-corrected chi connectivity index (χ4v) is 5.26. The summed E-state index contributed by atoms with van der Waals surface area (Å²) in [7, 11) is 0. The number of aromatic nitrogens is 2. The molecule has 0 bridgehead atoms. The van der Waals surface area contributed by atoms with Gasteiger partial charge in [0.15, 0.2) is 0 Å². The summed E-state index contributed by atoms with van der Waals surface area (Å²) >= 11 is 0. The molecule has 0 atom stereocenters. The Kier molecular flexibility index (Phi) is 6.59. The lowest BCUT2D eigenvalue weighted by Gasteiger charge is -2.39. The van der Waals surface area contributed by atoms with E-state index < -0.39 is 11.4 Å². The molecule has 3 aromatic carbocycles. The molecule has 6 heteroatoms. The molecule has 36 heavy (non-hydrogen) atoms. The fourth-order valence-electron chi connectivity index (χ4n) is 5.26. The molecule has 2 heterocycles. The number of hydrogen-bond donors (Lipinski definition) is 1. The number of carboxylic acid groups (broad SMARTS) is 1. The number of carbonyl (C=O) groups excluding carboxylic acids is 1. The van der Waals surface area contributed by atoms with Crippen LogP contribution in [0, 0.1) is 12.3 Å². The number of rotatable bonds is 7. The minimum Gasteiger partial charge on any atom is -0.481 e. The maximum Gasteiger partial charge on any atom is 0.310 e. The van der Waals surface area contributed by atoms with Crippen molar-refractivity contribution in [2.75, 3.05) is 13.1 Å². The minimum absolute atomic E-state index is 0.0186. The van der Waals surface area contributed by atoms with Gasteiger partial charge in [0.2, 0.25) is 5.91 Å². The number of hydrogen-bond acceptors (Lipinski definition) is 3. The van der Waals surface area contributed by atoms with Crippen LogP contribution in [-0.2, 0) is 29.0 Å². The highest BCUT2D eigenvalue weighted by atomic mass is 16.4. The number of aryl methyl sites for hydroxylation is 1. The highest BCUT2D eigenvalue weighted by Gasteiger charge is 2.42. The zero-order chi connectivity index (χ0) is 25.1. The summed E-state index contributed by atoms with van der Waals surface area (Å²) in [5, 5.41) is 12.5. The predicted molar refractivity (Wildman–Crippen MR) is 140 cm³/mol. The van der Waals surface area contributed by atoms with Crippen molar-refractivity contribution < 1.29 is 14.7 Å². The standard InChI is InChI=1S/C30H31N3O3/c1-22-6-2-3-9-26(22)18-30(29(35)36)12-14-32(15-13-30)28(34)17-27-19-31-21-33(27)20-23-10-11-24-7-4-5-8-25(24)16-23/h2-11,16,19,21H,12-15,17-18,20H2,1H3,(H,35,36). The zero-order valence-corrected chi connectivity index (χ0v) is 20.6. The van der Waals surface area contributed by atoms with Crippen LogP contribution in [0.4, 0.5) is 0 Å². The number of likely N-dealkylation sites (tertiary alicyclic amines) is 1. The molecule has 1 fully saturated rings. The van der Waals surface area contributed by atoms with Crippen molar-refractivity contribution in [1.82, 2.24) is 14.5 Å². The van der Waals surface area contributed by atoms with Crippen LogP contribution in [0.3, 0.4) is 0 Å². The topological polar surface area (TPSA) is 75.4 Å². The van der Waals surface area contributed by atoms with Gasteiger partial charge in [-0.2, -0.15) is 0 Å². The Balaban J connectivity index is 1.24. The number of aliphatic carboxylic acids is 1. The second kappa shape index (κ2) is 9.97. The van der Waals surface area contributed by atoms with Gasteiger partial charge in [0.1, 0.15) is 0 Å². The largest absolute Gasteiger partial charge is 0.481 e. The monoisotopic (exact) mass is 481 g/mol. The van der Waals surface area contributed by atoms with E-state index in [9.17, 15) is 14.7 Å². The molecule has 1 saturated heterocycles. The van der Waals surface area contributed by atoms with E-state index in [1.54, 1.807) is 12.5 Å². The highest BCUT2D eigenvalue weighted by molar-refractivity contribution is 5.83. The van der Waals surface area contributed by atoms with Gasteiger partial charge in [-0.05, 0) is 59.7 Å². The lowest BCUT2D eigenvalue weighted by Crippen LogP contribution is -2.48. The van der Waals surface area contributed by atoms with E-state index in [0.717, 1.165) is 22.4 Å². The van der Waals surface area contributed by atoms with Crippen molar-refractivity contribution in [3.05, 3.63) is 102 Å². The van der Waals surface area contributed by atoms with Crippen molar-refractivity contribution in [3.63, 3.8) is 0 Å². The van der Waals surface area contributed by atoms with Gasteiger partial charge in [0.25, 0.3) is 0 Å². The molecule has 5 rings (SSSR count). The first-order chi connectivity index (χ1) is 17.4. The van der Waals surface area contributed by atoms with Crippen molar-refractivity contribution in [2.45, 2.75) is 39.2 Å². The number of piperidine rings is 1. The third-order valence-electron chi connectivity index (χ3n) is 7.61. The van der Waals surface area contributed by atoms with E-state index >= 15 is 0 Å². The minimum atomic E-state index is -0.833. The third-order valence-corrected chi connectivity index (χ3v) is 7.61. The summed E-state index contributed by atoms with van der Waals surface area (Å²) < 4.78 is 2.02. The van der Waals surface area contributed by atoms with Crippen molar-refractivity contribution in [2.24, 2.45) is 5.41 Å². The average molecular weight is 482 g/mol. The lowest BCUT2D eigenvalue weighted by atomic mass is 9.73. The fraction of sp³-hybridized carbons (Fsp3) is 0.300. The summed E-state index contributed by atoms with van der Waals surface area (Å²) in [4.78, 5) is 31.6. The molecule has 1 aliphatic rings. The first-order valence-corrected chi connectivity index (χ1v) is 12.5. The van der Waals surface area contributed by atoms with Crippen molar-refractivity contribution >= 4 is 22.6 Å². The summed E-state index contributed by atoms with van der Waals surface area (Å²) in [5.74, 6) is -0.753. The number of fused-ring (bicyclic) bond motifs is 1. The van der Waals surface area contributed by atoms with Crippen LogP contribution in [0.15, 0.2) is 79.3 Å². The van der Waals surface area contributed by atoms with Crippen LogP contribution in [0.1, 0.15) is 35.2 Å². The third kappa shape index (κ3) is 4.89. The van der Waals surface area contributed by atoms with E-state index in [2.05, 4.69) is 35.3 Å². The molecule has 1 aromatic heterocycles. The summed E-state index contributed by atoms with van der Waals surface area (Å²) in [6.07, 6.45) is 5.19. The number of imidazole rings is 1. The number of carboxylic acids is 1. The second-order valence-electron chi connectivity index (χ2n) is 9.94. The molecule has 184 valence electrons. The molecule has 0 radical (unpaired) electrons. The van der Waals surface area contributed by atoms with E-state index in [4.69, 9.17) is 0 Å². The smallest absolute Gasteiger partial charge is 0.310 e. The second-order valence-corrected chi connectivity index (χ2v) is 9.94. The predicted octanol–water partition coefficient (Wildman–Crippen LogP) is 4.87. The quantitative estimate of drug-likeness (QED) is 0.409. The maximum atomic E-state index is 13.2. The molecule has 0 unspecified atom stereocenters. The van der Waals surface area contributed by atoms with Crippen LogP contribution in [0.2, 0.25) is 0 Å². The van der Waals surface area contributed by atoms with Gasteiger partial charge in [-0.25, -0.2) is 4.98 Å². The normalized spacial score (nSPS) is 15.2. The number of amides is 1. The van der Waals surface area contributed by atoms with Gasteiger partial charge in [-0.1, -0.05) is 60.7 Å². The molecule has 1 N–H and O–H groups in total. The molecule has 1 aliphatic heterocycles. The molecule has 6 nitrogen and oxygen atoms in total. The van der Waals surface area contributed by atoms with Gasteiger partial charge < -0.3 is 14.6 Å². The number of benzene rings is 3. The zero-order valence-electron chi connectivity index (χ0n) is 20.6. The van der Waals surface area contributed by atoms with E-state index in [-0.39, 0.29) is 12.3 Å². The lowest BCUT2D eigenvalue weighted by molar-refractivity contribution is -0.154. The summed E-state index contributed by atoms with van der Waals surface area (Å²) in [5.41, 5.74) is 3.36. The molecule has 1 amide bonds. The van der Waals surface area contributed by atoms with E-state index in [1.807, 2.05) is 52.8 Å². The van der Waals surface area contributed by atoms with Gasteiger partial charge in [0.05, 0.1) is 18.2 Å². The molecule has 4 aromatic rings. The first-order valence-electron chi connectivity index (χ1n) is 12.5. The van der Waals surface area contributed by atoms with Crippen LogP contribution >= 0.6 is 0 Å². The Labute approximate surface area is 211 Å². The van der Waals surface area contributed by atoms with Crippen molar-refractivity contribution in [3.8, 4) is 0 Å². The van der Waals surface area contributed by atoms with Crippen LogP contribution < -0.4 is 0 Å². The Hall–Kier alpha value is -3.93. The van der Waals surface area contributed by atoms with Crippen molar-refractivity contribution in [1.29, 1.82) is 0 Å². The molecular formula is C30H31N3O3. The first kappa shape index (κ1) is 23.8. The van der Waals surface area contributed by atoms with Gasteiger partial charge >= 0.3 is 5.97 Å². The highest BCUT2D eigenvalue weighted by Crippen LogP contribution is 2.36. The maximum absolute atomic E-state index is 13.2. The molecular weight excluding hydrogens is 450 g/mol. The Morgan fingerprint density at radius 2 is 1.69 bits per heavy atom. The summed E-state index contributed by atoms with van der Waals surface area (Å²) in [6.45, 7) is 3.57. The molecule has 0 aliphatic carbocycles. The van der Waals surface area contributed by atoms with Gasteiger partial charge in [-0.15, -0.1) is 0 Å². The number of carbonyl (C=O) groups is 2. The summed E-state index contributed by atoms with van der Waals surface area (Å²) in [6, 6.07) is 22.6. The Morgan fingerprint density at radius 3 is 2.44 bits per heavy atom. The van der Waals surface area contributed by atoms with E-state index in [0.29, 0.717) is 38.9 Å². The van der Waals surface area contributed by atoms with Gasteiger partial charge in [0, 0.05) is 31.5 Å². The van der Waals surface area contributed by atoms with Crippen LogP contribution in [0.5, 0.6) is 0 Å². The van der Waals surface area contributed by atoms with Crippen LogP contribution in [-0.4, -0.2) is 44.5 Å². The number of nitrogens with zero attached hydrogens (tertiary/aromatic N) is 3. The van der Waals surface area contributed by atoms with E-state index in [1.165, 1.54) is 10.8 Å². The molecule has 0 spiro atoms. The Bertz CT molecular complexity index is 1400. The molecule has 0 saturated carbocycles. The SMILES string of the molecule is Cc1ccccc1CC1(C(=O)O)CCN(C(=O)Cc2cncn2Cc2ccc3ccccc3c2)CC1. The van der Waals surface area contributed by atoms with Crippen LogP contribution in [0.25, 0.3) is 10.8 Å².